The number of hydrogen-bond donors (Lipinski definition) is 5. The van der Waals surface area contributed by atoms with E-state index in [9.17, 15) is 33.9 Å². The summed E-state index contributed by atoms with van der Waals surface area (Å²) in [5.41, 5.74) is 0.844. The fraction of sp³-hybridized carbons (Fsp3) is 0.774. The van der Waals surface area contributed by atoms with Crippen molar-refractivity contribution in [3.8, 4) is 0 Å². The summed E-state index contributed by atoms with van der Waals surface area (Å²) < 4.78 is 11.2. The first-order valence-electron chi connectivity index (χ1n) is 26.2. The number of rotatable bonds is 45. The Kier molecular flexibility index (Phi) is 38.3. The van der Waals surface area contributed by atoms with E-state index in [1.807, 2.05) is 30.3 Å². The minimum absolute atomic E-state index is 0.114. The van der Waals surface area contributed by atoms with E-state index in [0.29, 0.717) is 19.3 Å². The van der Waals surface area contributed by atoms with Gasteiger partial charge in [0.15, 0.2) is 0 Å². The van der Waals surface area contributed by atoms with Gasteiger partial charge in [-0.3, -0.25) is 19.2 Å². The van der Waals surface area contributed by atoms with E-state index >= 15 is 0 Å². The maximum Gasteiger partial charge on any atom is 0.407 e. The molecule has 3 amide bonds. The van der Waals surface area contributed by atoms with Gasteiger partial charge in [-0.2, -0.15) is 0 Å². The molecule has 1 aromatic rings. The number of esters is 1. The molecule has 0 aliphatic carbocycles. The molecule has 0 radical (unpaired) electrons. The van der Waals surface area contributed by atoms with E-state index in [0.717, 1.165) is 56.9 Å². The first-order valence-corrected chi connectivity index (χ1v) is 26.2. The van der Waals surface area contributed by atoms with Crippen LogP contribution in [0.25, 0.3) is 0 Å². The Hall–Kier alpha value is -4.16. The molecule has 1 aromatic carbocycles. The van der Waals surface area contributed by atoms with Crippen molar-refractivity contribution in [2.75, 3.05) is 6.54 Å². The molecule has 66 heavy (non-hydrogen) atoms. The molecule has 0 heterocycles. The highest BCUT2D eigenvalue weighted by atomic mass is 16.5. The number of carboxylic acids is 2. The number of aliphatic carboxylic acids is 2. The Morgan fingerprint density at radius 2 is 1.02 bits per heavy atom. The second-order valence-corrected chi connectivity index (χ2v) is 18.3. The van der Waals surface area contributed by atoms with E-state index in [2.05, 4.69) is 29.8 Å². The van der Waals surface area contributed by atoms with Gasteiger partial charge in [-0.15, -0.1) is 0 Å². The molecule has 0 aromatic heterocycles. The third-order valence-corrected chi connectivity index (χ3v) is 12.1. The number of nitrogens with one attached hydrogen (secondary N) is 3. The first-order chi connectivity index (χ1) is 32.0. The molecule has 0 bridgehead atoms. The summed E-state index contributed by atoms with van der Waals surface area (Å²) in [5, 5.41) is 26.7. The average Bonchev–Trinajstić information content (AvgIpc) is 3.29. The Morgan fingerprint density at radius 1 is 0.530 bits per heavy atom. The van der Waals surface area contributed by atoms with Gasteiger partial charge in [-0.1, -0.05) is 198 Å². The highest BCUT2D eigenvalue weighted by Crippen LogP contribution is 2.18. The van der Waals surface area contributed by atoms with Crippen LogP contribution in [0.15, 0.2) is 30.3 Å². The van der Waals surface area contributed by atoms with Crippen molar-refractivity contribution in [1.82, 2.24) is 16.0 Å². The molecule has 0 aliphatic heterocycles. The lowest BCUT2D eigenvalue weighted by Gasteiger charge is -2.23. The second kappa shape index (κ2) is 42.2. The Morgan fingerprint density at radius 3 is 1.52 bits per heavy atom. The van der Waals surface area contributed by atoms with Gasteiger partial charge in [0.05, 0.1) is 6.42 Å². The number of ether oxygens (including phenoxy) is 2. The molecule has 378 valence electrons. The highest BCUT2D eigenvalue weighted by Gasteiger charge is 2.28. The summed E-state index contributed by atoms with van der Waals surface area (Å²) in [6.45, 7) is 4.83. The van der Waals surface area contributed by atoms with Crippen LogP contribution in [0.3, 0.4) is 0 Å². The number of alkyl carbamates (subject to hydrolysis) is 1. The largest absolute Gasteiger partial charge is 0.481 e. The topological polar surface area (TPSA) is 197 Å². The lowest BCUT2D eigenvalue weighted by Crippen LogP contribution is -2.52. The minimum atomic E-state index is -1.47. The maximum atomic E-state index is 13.6. The van der Waals surface area contributed by atoms with Crippen molar-refractivity contribution in [2.24, 2.45) is 0 Å². The van der Waals surface area contributed by atoms with E-state index in [1.54, 1.807) is 0 Å². The lowest BCUT2D eigenvalue weighted by atomic mass is 10.0. The van der Waals surface area contributed by atoms with E-state index in [1.165, 1.54) is 116 Å². The van der Waals surface area contributed by atoms with Crippen LogP contribution in [-0.4, -0.2) is 70.8 Å². The average molecular weight is 930 g/mol. The van der Waals surface area contributed by atoms with Gasteiger partial charge in [-0.05, 0) is 50.5 Å². The standard InChI is InChI=1S/C53H91N3O10/c1-3-5-7-9-11-13-15-17-19-21-23-25-30-36-45(66-50(60)38-31-26-24-22-20-18-16-14-12-10-8-6-4-2)42-48(57)55-46(51(61)56-47(52(62)63)39-40-49(58)59)37-32-33-41-54-53(64)65-43-44-34-28-27-29-35-44/h27-29,34-35,45-47H,3-26,30-33,36-43H2,1-2H3,(H,54,64)(H,55,57)(H,56,61)(H,58,59)(H,62,63)/t45?,46-,47-/m0/s1. The van der Waals surface area contributed by atoms with Crippen LogP contribution < -0.4 is 16.0 Å². The summed E-state index contributed by atoms with van der Waals surface area (Å²) in [4.78, 5) is 75.6. The van der Waals surface area contributed by atoms with Gasteiger partial charge in [-0.25, -0.2) is 9.59 Å². The predicted octanol–water partition coefficient (Wildman–Crippen LogP) is 12.3. The molecular weight excluding hydrogens is 839 g/mol. The quantitative estimate of drug-likeness (QED) is 0.0310. The molecule has 5 N–H and O–H groups in total. The summed E-state index contributed by atoms with van der Waals surface area (Å²) in [7, 11) is 0. The van der Waals surface area contributed by atoms with Crippen molar-refractivity contribution in [1.29, 1.82) is 0 Å². The second-order valence-electron chi connectivity index (χ2n) is 18.3. The molecule has 0 fully saturated rings. The van der Waals surface area contributed by atoms with Crippen LogP contribution in [0.2, 0.25) is 0 Å². The van der Waals surface area contributed by atoms with Crippen molar-refractivity contribution in [2.45, 2.75) is 257 Å². The molecule has 1 rings (SSSR count). The van der Waals surface area contributed by atoms with Crippen molar-refractivity contribution in [3.63, 3.8) is 0 Å². The number of carboxylic acid groups (broad SMARTS) is 2. The van der Waals surface area contributed by atoms with E-state index < -0.39 is 54.5 Å². The van der Waals surface area contributed by atoms with Crippen LogP contribution in [0.1, 0.15) is 238 Å². The number of carbonyl (C=O) groups is 6. The highest BCUT2D eigenvalue weighted by molar-refractivity contribution is 5.90. The third kappa shape index (κ3) is 36.0. The molecule has 13 heteroatoms. The van der Waals surface area contributed by atoms with Crippen LogP contribution >= 0.6 is 0 Å². The van der Waals surface area contributed by atoms with Crippen LogP contribution in [-0.2, 0) is 40.1 Å². The lowest BCUT2D eigenvalue weighted by molar-refractivity contribution is -0.151. The Balaban J connectivity index is 2.78. The number of unbranched alkanes of at least 4 members (excludes halogenated alkanes) is 25. The minimum Gasteiger partial charge on any atom is -0.481 e. The van der Waals surface area contributed by atoms with Crippen LogP contribution in [0, 0.1) is 0 Å². The molecule has 0 saturated carbocycles. The van der Waals surface area contributed by atoms with Crippen molar-refractivity contribution < 1.29 is 48.5 Å². The monoisotopic (exact) mass is 930 g/mol. The zero-order valence-corrected chi connectivity index (χ0v) is 41.2. The summed E-state index contributed by atoms with van der Waals surface area (Å²) >= 11 is 0. The first kappa shape index (κ1) is 59.9. The maximum absolute atomic E-state index is 13.6. The Bertz CT molecular complexity index is 1410. The summed E-state index contributed by atoms with van der Waals surface area (Å²) in [6, 6.07) is 6.64. The van der Waals surface area contributed by atoms with Crippen molar-refractivity contribution >= 4 is 35.8 Å². The fourth-order valence-corrected chi connectivity index (χ4v) is 8.09. The molecule has 1 unspecified atom stereocenters. The molecule has 3 atom stereocenters. The van der Waals surface area contributed by atoms with Gasteiger partial charge in [0.2, 0.25) is 11.8 Å². The number of amides is 3. The van der Waals surface area contributed by atoms with Crippen LogP contribution in [0.4, 0.5) is 4.79 Å². The van der Waals surface area contributed by atoms with E-state index in [-0.39, 0.29) is 44.8 Å². The normalized spacial score (nSPS) is 12.5. The van der Waals surface area contributed by atoms with Gasteiger partial charge in [0.1, 0.15) is 24.8 Å². The molecule has 0 saturated heterocycles. The fourth-order valence-electron chi connectivity index (χ4n) is 8.09. The van der Waals surface area contributed by atoms with Crippen LogP contribution in [0.5, 0.6) is 0 Å². The van der Waals surface area contributed by atoms with E-state index in [4.69, 9.17) is 14.6 Å². The summed E-state index contributed by atoms with van der Waals surface area (Å²) in [5.74, 6) is -4.20. The Labute approximate surface area is 398 Å². The number of benzene rings is 1. The van der Waals surface area contributed by atoms with Crippen molar-refractivity contribution in [3.05, 3.63) is 35.9 Å². The number of hydrogen-bond acceptors (Lipinski definition) is 8. The molecule has 0 spiro atoms. The molecule has 13 nitrogen and oxygen atoms in total. The SMILES string of the molecule is CCCCCCCCCCCCCCCC(=O)OC(CCCCCCCCCCCCCCC)CC(=O)N[C@@H](CCCCNC(=O)OCc1ccccc1)C(=O)N[C@@H](CCC(=O)O)C(=O)O. The molecular formula is C53H91N3O10. The zero-order chi connectivity index (χ0) is 48.3. The van der Waals surface area contributed by atoms with Gasteiger partial charge in [0.25, 0.3) is 0 Å². The summed E-state index contributed by atoms with van der Waals surface area (Å²) in [6.07, 6.45) is 30.7. The predicted molar refractivity (Wildman–Crippen MR) is 262 cm³/mol. The van der Waals surface area contributed by atoms with Gasteiger partial charge < -0.3 is 35.6 Å². The van der Waals surface area contributed by atoms with Gasteiger partial charge >= 0.3 is 24.0 Å². The van der Waals surface area contributed by atoms with Gasteiger partial charge in [0, 0.05) is 19.4 Å². The molecule has 0 aliphatic rings. The smallest absolute Gasteiger partial charge is 0.407 e. The number of carbonyl (C=O) groups excluding carboxylic acids is 4. The zero-order valence-electron chi connectivity index (χ0n) is 41.2. The third-order valence-electron chi connectivity index (χ3n) is 12.1.